The van der Waals surface area contributed by atoms with Gasteiger partial charge in [-0.05, 0) is 53.3 Å². The Hall–Kier alpha value is -2.46. The largest absolute Gasteiger partial charge is 0.292 e. The van der Waals surface area contributed by atoms with Crippen molar-refractivity contribution in [3.05, 3.63) is 75.7 Å². The van der Waals surface area contributed by atoms with Crippen LogP contribution in [0.2, 0.25) is 0 Å². The number of aromatic nitrogens is 2. The van der Waals surface area contributed by atoms with E-state index in [4.69, 9.17) is 4.98 Å². The zero-order valence-electron chi connectivity index (χ0n) is 17.3. The molecular weight excluding hydrogens is 388 g/mol. The summed E-state index contributed by atoms with van der Waals surface area (Å²) in [6.07, 6.45) is 14.1. The predicted molar refractivity (Wildman–Crippen MR) is 127 cm³/mol. The maximum Gasteiger partial charge on any atom is 0.271 e. The van der Waals surface area contributed by atoms with E-state index in [1.54, 1.807) is 0 Å². The lowest BCUT2D eigenvalue weighted by atomic mass is 9.87. The van der Waals surface area contributed by atoms with Gasteiger partial charge in [-0.2, -0.15) is 0 Å². The molecule has 3 nitrogen and oxygen atoms in total. The van der Waals surface area contributed by atoms with Gasteiger partial charge in [0.15, 0.2) is 0 Å². The average molecular weight is 417 g/mol. The van der Waals surface area contributed by atoms with E-state index in [0.29, 0.717) is 0 Å². The van der Waals surface area contributed by atoms with Crippen LogP contribution in [-0.2, 0) is 6.54 Å². The molecule has 1 fully saturated rings. The highest BCUT2D eigenvalue weighted by Gasteiger charge is 2.20. The third-order valence-corrected chi connectivity index (χ3v) is 7.52. The second-order valence-corrected chi connectivity index (χ2v) is 9.49. The summed E-state index contributed by atoms with van der Waals surface area (Å²) in [4.78, 5) is 18.3. The molecule has 0 saturated heterocycles. The summed E-state index contributed by atoms with van der Waals surface area (Å²) in [5.74, 6) is 1.63. The van der Waals surface area contributed by atoms with Gasteiger partial charge in [-0.3, -0.25) is 9.36 Å². The minimum absolute atomic E-state index is 0.138. The minimum Gasteiger partial charge on any atom is -0.292 e. The molecule has 4 heteroatoms. The highest BCUT2D eigenvalue weighted by molar-refractivity contribution is 7.17. The molecular formula is C26H28N2OS. The lowest BCUT2D eigenvalue weighted by molar-refractivity contribution is 0.322. The Kier molecular flexibility index (Phi) is 5.67. The van der Waals surface area contributed by atoms with Gasteiger partial charge in [-0.25, -0.2) is 4.98 Å². The third-order valence-electron chi connectivity index (χ3n) is 6.63. The van der Waals surface area contributed by atoms with E-state index in [0.717, 1.165) is 47.8 Å². The van der Waals surface area contributed by atoms with E-state index in [2.05, 4.69) is 42.5 Å². The normalized spacial score (nSPS) is 17.7. The van der Waals surface area contributed by atoms with E-state index >= 15 is 0 Å². The van der Waals surface area contributed by atoms with Gasteiger partial charge in [0.2, 0.25) is 0 Å². The molecule has 0 radical (unpaired) electrons. The topological polar surface area (TPSA) is 34.9 Å². The van der Waals surface area contributed by atoms with Crippen molar-refractivity contribution in [1.82, 2.24) is 9.55 Å². The lowest BCUT2D eigenvalue weighted by Gasteiger charge is -2.23. The highest BCUT2D eigenvalue weighted by Crippen LogP contribution is 2.32. The van der Waals surface area contributed by atoms with E-state index < -0.39 is 0 Å². The number of hydrogen-bond acceptors (Lipinski definition) is 3. The molecule has 1 saturated carbocycles. The maximum atomic E-state index is 13.3. The summed E-state index contributed by atoms with van der Waals surface area (Å²) in [6.45, 7) is 0.784. The Balaban J connectivity index is 1.49. The van der Waals surface area contributed by atoms with Crippen molar-refractivity contribution in [3.8, 4) is 0 Å². The second kappa shape index (κ2) is 8.73. The zero-order chi connectivity index (χ0) is 20.3. The quantitative estimate of drug-likeness (QED) is 0.464. The Morgan fingerprint density at radius 3 is 2.50 bits per heavy atom. The Bertz CT molecular complexity index is 1150. The van der Waals surface area contributed by atoms with Crippen molar-refractivity contribution in [1.29, 1.82) is 0 Å². The molecule has 0 N–H and O–H groups in total. The van der Waals surface area contributed by atoms with Gasteiger partial charge in [0.05, 0.1) is 5.52 Å². The molecule has 0 unspecified atom stereocenters. The fourth-order valence-corrected chi connectivity index (χ4v) is 5.68. The Morgan fingerprint density at radius 1 is 0.967 bits per heavy atom. The van der Waals surface area contributed by atoms with Crippen LogP contribution in [0.25, 0.3) is 21.4 Å². The Labute approximate surface area is 181 Å². The molecule has 3 aromatic rings. The first-order valence-corrected chi connectivity index (χ1v) is 12.1. The van der Waals surface area contributed by atoms with Crippen molar-refractivity contribution in [2.45, 2.75) is 57.9 Å². The van der Waals surface area contributed by atoms with Crippen molar-refractivity contribution in [3.63, 3.8) is 0 Å². The zero-order valence-corrected chi connectivity index (χ0v) is 18.2. The van der Waals surface area contributed by atoms with Crippen LogP contribution in [0.5, 0.6) is 0 Å². The van der Waals surface area contributed by atoms with Crippen molar-refractivity contribution in [2.24, 2.45) is 5.92 Å². The van der Waals surface area contributed by atoms with Crippen molar-refractivity contribution in [2.75, 3.05) is 0 Å². The van der Waals surface area contributed by atoms with E-state index in [-0.39, 0.29) is 5.56 Å². The smallest absolute Gasteiger partial charge is 0.271 e. The highest BCUT2D eigenvalue weighted by atomic mass is 32.1. The molecule has 2 heterocycles. The lowest BCUT2D eigenvalue weighted by Crippen LogP contribution is -2.26. The first-order valence-electron chi connectivity index (χ1n) is 11.2. The molecule has 2 aromatic heterocycles. The SMILES string of the molecule is O=c1c2sccc2nc(C2=CC=C(c3ccccc3)CC2)n1CCC1CCCCC1. The first kappa shape index (κ1) is 19.5. The fourth-order valence-electron chi connectivity index (χ4n) is 4.90. The van der Waals surface area contributed by atoms with Crippen LogP contribution < -0.4 is 5.56 Å². The summed E-state index contributed by atoms with van der Waals surface area (Å²) in [6, 6.07) is 12.5. The second-order valence-electron chi connectivity index (χ2n) is 8.57. The summed E-state index contributed by atoms with van der Waals surface area (Å²) in [5.41, 5.74) is 4.80. The first-order chi connectivity index (χ1) is 14.8. The number of benzene rings is 1. The summed E-state index contributed by atoms with van der Waals surface area (Å²) in [7, 11) is 0. The van der Waals surface area contributed by atoms with Gasteiger partial charge in [0, 0.05) is 6.54 Å². The van der Waals surface area contributed by atoms with Crippen molar-refractivity contribution < 1.29 is 0 Å². The molecule has 0 amide bonds. The van der Waals surface area contributed by atoms with Crippen LogP contribution in [-0.4, -0.2) is 9.55 Å². The number of hydrogen-bond donors (Lipinski definition) is 0. The fraction of sp³-hybridized carbons (Fsp3) is 0.385. The van der Waals surface area contributed by atoms with Gasteiger partial charge in [-0.1, -0.05) is 74.6 Å². The minimum atomic E-state index is 0.138. The average Bonchev–Trinajstić information content (AvgIpc) is 3.29. The number of allylic oxidation sites excluding steroid dienone is 4. The standard InChI is InChI=1S/C26H28N2OS/c29-26-24-23(16-18-30-24)27-25(28(26)17-15-19-7-3-1-4-8-19)22-13-11-21(12-14-22)20-9-5-2-6-10-20/h2,5-6,9-11,13,16,18-19H,1,3-4,7-8,12,14-15,17H2. The van der Waals surface area contributed by atoms with Gasteiger partial charge in [0.1, 0.15) is 10.5 Å². The van der Waals surface area contributed by atoms with Crippen LogP contribution in [0.1, 0.15) is 62.8 Å². The predicted octanol–water partition coefficient (Wildman–Crippen LogP) is 6.69. The molecule has 0 spiro atoms. The molecule has 0 atom stereocenters. The summed E-state index contributed by atoms with van der Waals surface area (Å²) >= 11 is 1.52. The number of rotatable bonds is 5. The molecule has 30 heavy (non-hydrogen) atoms. The molecule has 5 rings (SSSR count). The molecule has 154 valence electrons. The Morgan fingerprint density at radius 2 is 1.73 bits per heavy atom. The monoisotopic (exact) mass is 416 g/mol. The summed E-state index contributed by atoms with van der Waals surface area (Å²) in [5, 5.41) is 1.98. The van der Waals surface area contributed by atoms with Crippen LogP contribution >= 0.6 is 11.3 Å². The number of fused-ring (bicyclic) bond motifs is 1. The molecule has 1 aromatic carbocycles. The van der Waals surface area contributed by atoms with Crippen LogP contribution in [0.15, 0.2) is 58.7 Å². The van der Waals surface area contributed by atoms with Gasteiger partial charge in [0.25, 0.3) is 5.56 Å². The maximum absolute atomic E-state index is 13.3. The van der Waals surface area contributed by atoms with Gasteiger partial charge >= 0.3 is 0 Å². The van der Waals surface area contributed by atoms with E-state index in [9.17, 15) is 4.79 Å². The third kappa shape index (κ3) is 3.93. The van der Waals surface area contributed by atoms with Gasteiger partial charge < -0.3 is 0 Å². The van der Waals surface area contributed by atoms with Crippen molar-refractivity contribution >= 4 is 32.7 Å². The molecule has 2 aliphatic rings. The number of nitrogens with zero attached hydrogens (tertiary/aromatic N) is 2. The molecule has 0 bridgehead atoms. The van der Waals surface area contributed by atoms with Crippen LogP contribution in [0, 0.1) is 5.92 Å². The van der Waals surface area contributed by atoms with Crippen LogP contribution in [0.4, 0.5) is 0 Å². The van der Waals surface area contributed by atoms with E-state index in [1.165, 1.54) is 60.2 Å². The van der Waals surface area contributed by atoms with Crippen LogP contribution in [0.3, 0.4) is 0 Å². The number of thiophene rings is 1. The molecule has 0 aliphatic heterocycles. The van der Waals surface area contributed by atoms with Gasteiger partial charge in [-0.15, -0.1) is 11.3 Å². The van der Waals surface area contributed by atoms with E-state index in [1.807, 2.05) is 16.0 Å². The molecule has 2 aliphatic carbocycles. The summed E-state index contributed by atoms with van der Waals surface area (Å²) < 4.78 is 2.76.